The largest absolute Gasteiger partial charge is 0.354 e. The molecule has 0 spiro atoms. The molecule has 1 amide bonds. The number of rotatable bonds is 4. The minimum Gasteiger partial charge on any atom is -0.354 e. The number of nitrogens with zero attached hydrogens (tertiary/aromatic N) is 1. The van der Waals surface area contributed by atoms with Gasteiger partial charge in [-0.05, 0) is 33.2 Å². The summed E-state index contributed by atoms with van der Waals surface area (Å²) >= 11 is 0. The smallest absolute Gasteiger partial charge is 0.221 e. The van der Waals surface area contributed by atoms with Crippen LogP contribution in [-0.2, 0) is 4.79 Å². The van der Waals surface area contributed by atoms with Crippen molar-refractivity contribution >= 4 is 5.91 Å². The third-order valence-corrected chi connectivity index (χ3v) is 2.65. The summed E-state index contributed by atoms with van der Waals surface area (Å²) in [6.07, 6.45) is 2.87. The molecule has 0 aromatic rings. The van der Waals surface area contributed by atoms with Gasteiger partial charge in [0, 0.05) is 31.6 Å². The summed E-state index contributed by atoms with van der Waals surface area (Å²) in [5.74, 6) is 0.143. The molecule has 1 heterocycles. The average molecular weight is 213 g/mol. The second kappa shape index (κ2) is 6.08. The van der Waals surface area contributed by atoms with Crippen LogP contribution >= 0.6 is 0 Å². The number of carbonyl (C=O) groups excluding carboxylic acids is 1. The first-order valence-corrected chi connectivity index (χ1v) is 5.85. The monoisotopic (exact) mass is 213 g/mol. The van der Waals surface area contributed by atoms with Gasteiger partial charge in [0.05, 0.1) is 0 Å². The van der Waals surface area contributed by atoms with Gasteiger partial charge in [0.1, 0.15) is 0 Å². The minimum atomic E-state index is 0.143. The van der Waals surface area contributed by atoms with Crippen molar-refractivity contribution in [3.05, 3.63) is 0 Å². The maximum Gasteiger partial charge on any atom is 0.221 e. The summed E-state index contributed by atoms with van der Waals surface area (Å²) in [7, 11) is 0. The molecule has 88 valence electrons. The quantitative estimate of drug-likeness (QED) is 0.707. The standard InChI is InChI=1S/C11H23N3O/c1-9(2)13-11(15)5-7-14-6-3-4-10(12)8-14/h9-10H,3-8,12H2,1-2H3,(H,13,15). The molecule has 1 unspecified atom stereocenters. The summed E-state index contributed by atoms with van der Waals surface area (Å²) in [4.78, 5) is 13.7. The Morgan fingerprint density at radius 2 is 2.33 bits per heavy atom. The highest BCUT2D eigenvalue weighted by Crippen LogP contribution is 2.08. The molecular weight excluding hydrogens is 190 g/mol. The van der Waals surface area contributed by atoms with E-state index < -0.39 is 0 Å². The lowest BCUT2D eigenvalue weighted by Gasteiger charge is -2.30. The van der Waals surface area contributed by atoms with E-state index in [4.69, 9.17) is 5.73 Å². The Balaban J connectivity index is 2.16. The summed E-state index contributed by atoms with van der Waals surface area (Å²) in [6.45, 7) is 6.83. The summed E-state index contributed by atoms with van der Waals surface area (Å²) in [6, 6.07) is 0.535. The van der Waals surface area contributed by atoms with Gasteiger partial charge < -0.3 is 16.0 Å². The summed E-state index contributed by atoms with van der Waals surface area (Å²) in [5, 5.41) is 2.90. The lowest BCUT2D eigenvalue weighted by Crippen LogP contribution is -2.44. The summed E-state index contributed by atoms with van der Waals surface area (Å²) in [5.41, 5.74) is 5.87. The number of carbonyl (C=O) groups is 1. The molecule has 1 aliphatic rings. The zero-order chi connectivity index (χ0) is 11.3. The van der Waals surface area contributed by atoms with E-state index in [0.29, 0.717) is 12.5 Å². The molecule has 1 saturated heterocycles. The Morgan fingerprint density at radius 1 is 1.60 bits per heavy atom. The first kappa shape index (κ1) is 12.5. The highest BCUT2D eigenvalue weighted by molar-refractivity contribution is 5.76. The molecule has 0 aromatic carbocycles. The normalized spacial score (nSPS) is 23.1. The molecule has 1 atom stereocenters. The van der Waals surface area contributed by atoms with Crippen molar-refractivity contribution in [2.75, 3.05) is 19.6 Å². The van der Waals surface area contributed by atoms with Crippen LogP contribution in [0.2, 0.25) is 0 Å². The van der Waals surface area contributed by atoms with Gasteiger partial charge in [0.2, 0.25) is 5.91 Å². The number of nitrogens with one attached hydrogen (secondary N) is 1. The predicted octanol–water partition coefficient (Wildman–Crippen LogP) is 0.324. The molecule has 3 N–H and O–H groups in total. The van der Waals surface area contributed by atoms with Crippen LogP contribution in [0.15, 0.2) is 0 Å². The van der Waals surface area contributed by atoms with Gasteiger partial charge >= 0.3 is 0 Å². The third kappa shape index (κ3) is 5.14. The van der Waals surface area contributed by atoms with E-state index in [-0.39, 0.29) is 11.9 Å². The lowest BCUT2D eigenvalue weighted by atomic mass is 10.1. The molecule has 15 heavy (non-hydrogen) atoms. The number of piperidine rings is 1. The third-order valence-electron chi connectivity index (χ3n) is 2.65. The van der Waals surface area contributed by atoms with E-state index in [1.807, 2.05) is 13.8 Å². The second-order valence-electron chi connectivity index (χ2n) is 4.68. The first-order valence-electron chi connectivity index (χ1n) is 5.85. The van der Waals surface area contributed by atoms with Crippen molar-refractivity contribution in [1.82, 2.24) is 10.2 Å². The molecule has 1 rings (SSSR count). The first-order chi connectivity index (χ1) is 7.08. The van der Waals surface area contributed by atoms with Crippen LogP contribution < -0.4 is 11.1 Å². The van der Waals surface area contributed by atoms with Crippen molar-refractivity contribution in [3.8, 4) is 0 Å². The Bertz CT molecular complexity index is 206. The van der Waals surface area contributed by atoms with E-state index in [1.54, 1.807) is 0 Å². The highest BCUT2D eigenvalue weighted by atomic mass is 16.1. The number of hydrogen-bond donors (Lipinski definition) is 2. The number of hydrogen-bond acceptors (Lipinski definition) is 3. The Hall–Kier alpha value is -0.610. The molecule has 0 bridgehead atoms. The van der Waals surface area contributed by atoms with Crippen LogP contribution in [0.1, 0.15) is 33.1 Å². The Morgan fingerprint density at radius 3 is 2.93 bits per heavy atom. The molecule has 0 saturated carbocycles. The van der Waals surface area contributed by atoms with Crippen LogP contribution in [0.3, 0.4) is 0 Å². The fourth-order valence-electron chi connectivity index (χ4n) is 1.95. The molecule has 4 heteroatoms. The van der Waals surface area contributed by atoms with Crippen LogP contribution in [0.4, 0.5) is 0 Å². The van der Waals surface area contributed by atoms with E-state index in [0.717, 1.165) is 32.5 Å². The maximum atomic E-state index is 11.4. The van der Waals surface area contributed by atoms with Gasteiger partial charge in [-0.25, -0.2) is 0 Å². The number of nitrogens with two attached hydrogens (primary N) is 1. The molecule has 1 fully saturated rings. The van der Waals surface area contributed by atoms with Gasteiger partial charge in [-0.1, -0.05) is 0 Å². The van der Waals surface area contributed by atoms with Gasteiger partial charge in [0.15, 0.2) is 0 Å². The molecular formula is C11H23N3O. The number of amides is 1. The number of likely N-dealkylation sites (tertiary alicyclic amines) is 1. The zero-order valence-corrected chi connectivity index (χ0v) is 9.83. The van der Waals surface area contributed by atoms with Crippen molar-refractivity contribution in [2.45, 2.75) is 45.2 Å². The zero-order valence-electron chi connectivity index (χ0n) is 9.83. The summed E-state index contributed by atoms with van der Waals surface area (Å²) < 4.78 is 0. The van der Waals surface area contributed by atoms with Crippen molar-refractivity contribution in [1.29, 1.82) is 0 Å². The molecule has 1 aliphatic heterocycles. The lowest BCUT2D eigenvalue weighted by molar-refractivity contribution is -0.122. The molecule has 0 aromatic heterocycles. The molecule has 4 nitrogen and oxygen atoms in total. The molecule has 0 radical (unpaired) electrons. The van der Waals surface area contributed by atoms with Gasteiger partial charge in [-0.15, -0.1) is 0 Å². The van der Waals surface area contributed by atoms with E-state index in [1.165, 1.54) is 0 Å². The maximum absolute atomic E-state index is 11.4. The minimum absolute atomic E-state index is 0.143. The van der Waals surface area contributed by atoms with Crippen LogP contribution in [0, 0.1) is 0 Å². The van der Waals surface area contributed by atoms with Gasteiger partial charge in [-0.2, -0.15) is 0 Å². The van der Waals surface area contributed by atoms with Gasteiger partial charge in [-0.3, -0.25) is 4.79 Å². The van der Waals surface area contributed by atoms with Crippen LogP contribution in [0.5, 0.6) is 0 Å². The SMILES string of the molecule is CC(C)NC(=O)CCN1CCCC(N)C1. The van der Waals surface area contributed by atoms with E-state index in [9.17, 15) is 4.79 Å². The fourth-order valence-corrected chi connectivity index (χ4v) is 1.95. The van der Waals surface area contributed by atoms with E-state index in [2.05, 4.69) is 10.2 Å². The van der Waals surface area contributed by atoms with Crippen molar-refractivity contribution in [2.24, 2.45) is 5.73 Å². The fraction of sp³-hybridized carbons (Fsp3) is 0.909. The van der Waals surface area contributed by atoms with Crippen LogP contribution in [0.25, 0.3) is 0 Å². The Labute approximate surface area is 92.2 Å². The van der Waals surface area contributed by atoms with Gasteiger partial charge in [0.25, 0.3) is 0 Å². The van der Waals surface area contributed by atoms with Crippen molar-refractivity contribution in [3.63, 3.8) is 0 Å². The second-order valence-corrected chi connectivity index (χ2v) is 4.68. The highest BCUT2D eigenvalue weighted by Gasteiger charge is 2.16. The average Bonchev–Trinajstić information content (AvgIpc) is 2.14. The predicted molar refractivity (Wildman–Crippen MR) is 61.5 cm³/mol. The van der Waals surface area contributed by atoms with Crippen LogP contribution in [-0.4, -0.2) is 42.5 Å². The van der Waals surface area contributed by atoms with Crippen molar-refractivity contribution < 1.29 is 4.79 Å². The topological polar surface area (TPSA) is 58.4 Å². The molecule has 0 aliphatic carbocycles. The van der Waals surface area contributed by atoms with E-state index >= 15 is 0 Å². The Kier molecular flexibility index (Phi) is 5.05.